The van der Waals surface area contributed by atoms with E-state index in [1.54, 1.807) is 0 Å². The van der Waals surface area contributed by atoms with Crippen LogP contribution in [0, 0.1) is 0 Å². The van der Waals surface area contributed by atoms with E-state index in [4.69, 9.17) is 9.72 Å². The van der Waals surface area contributed by atoms with Crippen LogP contribution in [-0.2, 0) is 5.41 Å². The van der Waals surface area contributed by atoms with Gasteiger partial charge in [0.15, 0.2) is 0 Å². The predicted molar refractivity (Wildman–Crippen MR) is 211 cm³/mol. The maximum atomic E-state index is 6.58. The van der Waals surface area contributed by atoms with Crippen LogP contribution in [0.1, 0.15) is 22.3 Å². The smallest absolute Gasteiger partial charge is 0.137 e. The highest BCUT2D eigenvalue weighted by Crippen LogP contribution is 2.58. The van der Waals surface area contributed by atoms with E-state index in [1.165, 1.54) is 37.4 Å². The summed E-state index contributed by atoms with van der Waals surface area (Å²) in [7, 11) is 0. The van der Waals surface area contributed by atoms with Crippen LogP contribution in [0.4, 0.5) is 0 Å². The molecule has 5 heteroatoms. The van der Waals surface area contributed by atoms with Crippen molar-refractivity contribution >= 4 is 33.6 Å². The molecule has 1 aliphatic rings. The van der Waals surface area contributed by atoms with E-state index < -0.39 is 5.41 Å². The lowest BCUT2D eigenvalue weighted by molar-refractivity contribution is 0.483. The van der Waals surface area contributed by atoms with Gasteiger partial charge in [0.05, 0.1) is 22.1 Å². The van der Waals surface area contributed by atoms with Crippen molar-refractivity contribution in [3.8, 4) is 28.6 Å². The zero-order valence-corrected chi connectivity index (χ0v) is 28.9. The molecule has 0 saturated heterocycles. The van der Waals surface area contributed by atoms with Crippen LogP contribution < -0.4 is 4.74 Å². The van der Waals surface area contributed by atoms with Gasteiger partial charge >= 0.3 is 0 Å². The largest absolute Gasteiger partial charge is 0.457 e. The topological polar surface area (TPSA) is 39.9 Å². The molecule has 4 nitrogen and oxygen atoms in total. The van der Waals surface area contributed by atoms with Gasteiger partial charge in [-0.15, -0.1) is 0 Å². The lowest BCUT2D eigenvalue weighted by atomic mass is 9.64. The minimum atomic E-state index is -0.536. The summed E-state index contributed by atoms with van der Waals surface area (Å²) >= 11 is 1.85. The second-order valence-electron chi connectivity index (χ2n) is 13.0. The van der Waals surface area contributed by atoms with Crippen LogP contribution in [0.15, 0.2) is 198 Å². The van der Waals surface area contributed by atoms with Crippen molar-refractivity contribution in [2.45, 2.75) is 15.2 Å². The molecule has 4 heterocycles. The summed E-state index contributed by atoms with van der Waals surface area (Å²) in [5.41, 5.74) is 8.55. The molecule has 0 unspecified atom stereocenters. The highest BCUT2D eigenvalue weighted by molar-refractivity contribution is 7.99. The van der Waals surface area contributed by atoms with Gasteiger partial charge in [-0.05, 0) is 76.9 Å². The van der Waals surface area contributed by atoms with Crippen molar-refractivity contribution in [1.82, 2.24) is 14.5 Å². The first-order chi connectivity index (χ1) is 25.8. The maximum absolute atomic E-state index is 6.58. The maximum Gasteiger partial charge on any atom is 0.137 e. The Labute approximate surface area is 306 Å². The zero-order valence-electron chi connectivity index (χ0n) is 28.1. The average Bonchev–Trinajstić information content (AvgIpc) is 3.55. The van der Waals surface area contributed by atoms with Crippen LogP contribution in [0.2, 0.25) is 0 Å². The van der Waals surface area contributed by atoms with E-state index in [9.17, 15) is 0 Å². The van der Waals surface area contributed by atoms with E-state index in [1.807, 2.05) is 66.6 Å². The van der Waals surface area contributed by atoms with Gasteiger partial charge in [0, 0.05) is 44.6 Å². The van der Waals surface area contributed by atoms with E-state index in [0.29, 0.717) is 0 Å². The molecule has 9 aromatic rings. The normalized spacial score (nSPS) is 13.1. The van der Waals surface area contributed by atoms with E-state index in [2.05, 4.69) is 143 Å². The summed E-state index contributed by atoms with van der Waals surface area (Å²) < 4.78 is 8.90. The third-order valence-electron chi connectivity index (χ3n) is 10.1. The fourth-order valence-electron chi connectivity index (χ4n) is 7.92. The zero-order chi connectivity index (χ0) is 34.5. The Morgan fingerprint density at radius 3 is 1.96 bits per heavy atom. The van der Waals surface area contributed by atoms with Crippen molar-refractivity contribution in [3.05, 3.63) is 211 Å². The summed E-state index contributed by atoms with van der Waals surface area (Å²) in [5, 5.41) is 2.31. The Kier molecular flexibility index (Phi) is 7.25. The van der Waals surface area contributed by atoms with Crippen LogP contribution in [-0.4, -0.2) is 14.5 Å². The summed E-state index contributed by atoms with van der Waals surface area (Å²) in [4.78, 5) is 11.9. The van der Waals surface area contributed by atoms with Crippen molar-refractivity contribution in [1.29, 1.82) is 0 Å². The van der Waals surface area contributed by atoms with E-state index in [-0.39, 0.29) is 0 Å². The lowest BCUT2D eigenvalue weighted by Crippen LogP contribution is -2.34. The van der Waals surface area contributed by atoms with Crippen LogP contribution in [0.5, 0.6) is 11.5 Å². The fourth-order valence-corrected chi connectivity index (χ4v) is 9.24. The van der Waals surface area contributed by atoms with Crippen molar-refractivity contribution in [3.63, 3.8) is 0 Å². The van der Waals surface area contributed by atoms with Gasteiger partial charge in [0.1, 0.15) is 17.3 Å². The number of ether oxygens (including phenoxy) is 1. The van der Waals surface area contributed by atoms with Gasteiger partial charge in [-0.2, -0.15) is 0 Å². The summed E-state index contributed by atoms with van der Waals surface area (Å²) in [6, 6.07) is 62.0. The number of pyridine rings is 2. The summed E-state index contributed by atoms with van der Waals surface area (Å²) in [6.45, 7) is 0. The molecule has 6 aromatic carbocycles. The number of aromatic nitrogens is 3. The van der Waals surface area contributed by atoms with Gasteiger partial charge in [-0.25, -0.2) is 4.98 Å². The van der Waals surface area contributed by atoms with Gasteiger partial charge < -0.3 is 4.74 Å². The minimum absolute atomic E-state index is 0.536. The third-order valence-corrected chi connectivity index (χ3v) is 11.3. The fraction of sp³-hybridized carbons (Fsp3) is 0.0213. The molecule has 0 bridgehead atoms. The second-order valence-corrected chi connectivity index (χ2v) is 14.0. The Bertz CT molecular complexity index is 2690. The molecule has 0 radical (unpaired) electrons. The molecule has 0 aliphatic carbocycles. The SMILES string of the molecule is c1ccc(C2(c3ccccc3)c3ccccc3Sc3c2ccc2c4ccc(Oc5cccc(-c6ccccn6)c5)cc4n(-c4ccccn4)c32)cc1. The van der Waals surface area contributed by atoms with Gasteiger partial charge in [-0.1, -0.05) is 127 Å². The molecule has 0 spiro atoms. The summed E-state index contributed by atoms with van der Waals surface area (Å²) in [6.07, 6.45) is 3.68. The van der Waals surface area contributed by atoms with Crippen molar-refractivity contribution in [2.75, 3.05) is 0 Å². The number of benzene rings is 6. The molecule has 0 amide bonds. The van der Waals surface area contributed by atoms with Gasteiger partial charge in [0.25, 0.3) is 0 Å². The van der Waals surface area contributed by atoms with Gasteiger partial charge in [0.2, 0.25) is 0 Å². The second kappa shape index (κ2) is 12.4. The number of hydrogen-bond acceptors (Lipinski definition) is 4. The molecular weight excluding hydrogens is 655 g/mol. The first-order valence-corrected chi connectivity index (χ1v) is 18.2. The van der Waals surface area contributed by atoms with Gasteiger partial charge in [-0.3, -0.25) is 9.55 Å². The van der Waals surface area contributed by atoms with Crippen LogP contribution in [0.25, 0.3) is 38.9 Å². The predicted octanol–water partition coefficient (Wildman–Crippen LogP) is 11.9. The number of nitrogens with zero attached hydrogens (tertiary/aromatic N) is 3. The van der Waals surface area contributed by atoms with E-state index >= 15 is 0 Å². The number of hydrogen-bond donors (Lipinski definition) is 0. The molecule has 10 rings (SSSR count). The number of fused-ring (bicyclic) bond motifs is 6. The first-order valence-electron chi connectivity index (χ1n) is 17.4. The molecule has 52 heavy (non-hydrogen) atoms. The Balaban J connectivity index is 1.24. The molecule has 3 aromatic heterocycles. The van der Waals surface area contributed by atoms with Crippen LogP contribution >= 0.6 is 11.8 Å². The highest BCUT2D eigenvalue weighted by atomic mass is 32.2. The molecule has 0 N–H and O–H groups in total. The standard InChI is InChI=1S/C47H31N3OS/c1-3-15-33(16-4-1)47(34-17-5-2-6-18-34)39-20-7-8-22-43(39)52-46-40(47)27-26-38-37-25-24-36(31-42(37)50(45(38)46)44-23-10-12-29-49-44)51-35-19-13-14-32(30-35)41-21-9-11-28-48-41/h1-31H. The summed E-state index contributed by atoms with van der Waals surface area (Å²) in [5.74, 6) is 2.36. The Hall–Kier alpha value is -6.43. The molecule has 0 saturated carbocycles. The molecule has 1 aliphatic heterocycles. The third kappa shape index (κ3) is 4.78. The molecule has 0 fully saturated rings. The molecule has 0 atom stereocenters. The highest BCUT2D eigenvalue weighted by Gasteiger charge is 2.45. The van der Waals surface area contributed by atoms with Crippen LogP contribution in [0.3, 0.4) is 0 Å². The monoisotopic (exact) mass is 685 g/mol. The minimum Gasteiger partial charge on any atom is -0.457 e. The molecule has 246 valence electrons. The van der Waals surface area contributed by atoms with Crippen molar-refractivity contribution < 1.29 is 4.74 Å². The van der Waals surface area contributed by atoms with Crippen molar-refractivity contribution in [2.24, 2.45) is 0 Å². The first kappa shape index (κ1) is 30.4. The molecular formula is C47H31N3OS. The quantitative estimate of drug-likeness (QED) is 0.175. The van der Waals surface area contributed by atoms with E-state index in [0.717, 1.165) is 45.0 Å². The lowest BCUT2D eigenvalue weighted by Gasteiger charge is -2.42. The average molecular weight is 686 g/mol. The Morgan fingerprint density at radius 1 is 0.519 bits per heavy atom. The number of rotatable bonds is 6. The Morgan fingerprint density at radius 2 is 1.21 bits per heavy atom.